The molecule has 0 spiro atoms. The number of aromatic nitrogens is 3. The molecule has 0 aliphatic heterocycles. The van der Waals surface area contributed by atoms with Crippen LogP contribution < -0.4 is 4.90 Å². The van der Waals surface area contributed by atoms with Gasteiger partial charge in [-0.05, 0) is 18.5 Å². The van der Waals surface area contributed by atoms with Crippen LogP contribution in [0, 0.1) is 12.7 Å². The summed E-state index contributed by atoms with van der Waals surface area (Å²) in [5, 5.41) is 0.0364. The highest BCUT2D eigenvalue weighted by Crippen LogP contribution is 2.21. The minimum Gasteiger partial charge on any atom is -0.352 e. The summed E-state index contributed by atoms with van der Waals surface area (Å²) in [6.07, 6.45) is 1.07. The molecule has 0 N–H and O–H groups in total. The largest absolute Gasteiger partial charge is 0.352 e. The Morgan fingerprint density at radius 1 is 1.47 bits per heavy atom. The molecule has 0 aromatic carbocycles. The van der Waals surface area contributed by atoms with Crippen molar-refractivity contribution < 1.29 is 4.39 Å². The normalized spacial score (nSPS) is 10.6. The van der Waals surface area contributed by atoms with E-state index in [-0.39, 0.29) is 11.1 Å². The lowest BCUT2D eigenvalue weighted by molar-refractivity contribution is 0.607. The maximum atomic E-state index is 13.5. The topological polar surface area (TPSA) is 41.9 Å². The van der Waals surface area contributed by atoms with Gasteiger partial charge in [-0.15, -0.1) is 11.3 Å². The number of hydrogen-bond donors (Lipinski definition) is 0. The Morgan fingerprint density at radius 3 is 2.88 bits per heavy atom. The monoisotopic (exact) mass is 272 g/mol. The highest BCUT2D eigenvalue weighted by molar-refractivity contribution is 7.09. The fraction of sp³-hybridized carbons (Fsp3) is 0.300. The van der Waals surface area contributed by atoms with Crippen LogP contribution in [0.25, 0.3) is 0 Å². The number of rotatable bonds is 3. The Bertz CT molecular complexity index is 531. The third-order valence-electron chi connectivity index (χ3n) is 2.28. The van der Waals surface area contributed by atoms with Gasteiger partial charge in [-0.3, -0.25) is 0 Å². The second-order valence-electron chi connectivity index (χ2n) is 3.53. The molecular formula is C10H10ClFN4S. The molecule has 0 bridgehead atoms. The number of aryl methyl sites for hydroxylation is 1. The van der Waals surface area contributed by atoms with Crippen molar-refractivity contribution in [2.24, 2.45) is 0 Å². The first-order chi connectivity index (χ1) is 8.08. The number of thiazole rings is 1. The minimum atomic E-state index is -0.487. The first kappa shape index (κ1) is 12.2. The van der Waals surface area contributed by atoms with E-state index in [9.17, 15) is 4.39 Å². The smallest absolute Gasteiger partial charge is 0.224 e. The molecular weight excluding hydrogens is 263 g/mol. The van der Waals surface area contributed by atoms with E-state index >= 15 is 0 Å². The predicted molar refractivity (Wildman–Crippen MR) is 66.0 cm³/mol. The number of hydrogen-bond acceptors (Lipinski definition) is 5. The van der Waals surface area contributed by atoms with Crippen LogP contribution in [0.15, 0.2) is 11.7 Å². The molecule has 0 saturated carbocycles. The van der Waals surface area contributed by atoms with E-state index in [0.29, 0.717) is 6.54 Å². The SMILES string of the molecule is Cc1ncsc1CN(C)c1nc(Cl)ncc1F. The zero-order chi connectivity index (χ0) is 12.4. The molecule has 0 amide bonds. The molecule has 90 valence electrons. The van der Waals surface area contributed by atoms with Crippen molar-refractivity contribution in [1.29, 1.82) is 0 Å². The van der Waals surface area contributed by atoms with Gasteiger partial charge in [0.2, 0.25) is 5.28 Å². The fourth-order valence-corrected chi connectivity index (χ4v) is 2.33. The van der Waals surface area contributed by atoms with Crippen molar-refractivity contribution in [2.75, 3.05) is 11.9 Å². The molecule has 2 aromatic heterocycles. The zero-order valence-corrected chi connectivity index (χ0v) is 10.9. The molecule has 0 fully saturated rings. The maximum absolute atomic E-state index is 13.5. The van der Waals surface area contributed by atoms with E-state index in [0.717, 1.165) is 16.8 Å². The minimum absolute atomic E-state index is 0.0364. The van der Waals surface area contributed by atoms with Crippen LogP contribution in [-0.4, -0.2) is 22.0 Å². The molecule has 2 rings (SSSR count). The highest BCUT2D eigenvalue weighted by Gasteiger charge is 2.13. The van der Waals surface area contributed by atoms with E-state index in [4.69, 9.17) is 11.6 Å². The molecule has 2 heterocycles. The van der Waals surface area contributed by atoms with E-state index in [1.54, 1.807) is 17.5 Å². The fourth-order valence-electron chi connectivity index (χ4n) is 1.37. The lowest BCUT2D eigenvalue weighted by atomic mass is 10.3. The Kier molecular flexibility index (Phi) is 3.54. The lowest BCUT2D eigenvalue weighted by Crippen LogP contribution is -2.19. The van der Waals surface area contributed by atoms with Crippen LogP contribution in [0.3, 0.4) is 0 Å². The van der Waals surface area contributed by atoms with Gasteiger partial charge in [0.05, 0.1) is 23.9 Å². The van der Waals surface area contributed by atoms with Crippen LogP contribution in [0.4, 0.5) is 10.2 Å². The van der Waals surface area contributed by atoms with Crippen LogP contribution in [0.2, 0.25) is 5.28 Å². The predicted octanol–water partition coefficient (Wildman–Crippen LogP) is 2.67. The maximum Gasteiger partial charge on any atom is 0.224 e. The van der Waals surface area contributed by atoms with Crippen LogP contribution in [0.1, 0.15) is 10.6 Å². The number of halogens is 2. The van der Waals surface area contributed by atoms with Gasteiger partial charge in [0.15, 0.2) is 11.6 Å². The van der Waals surface area contributed by atoms with Crippen LogP contribution in [-0.2, 0) is 6.54 Å². The molecule has 0 saturated heterocycles. The molecule has 7 heteroatoms. The third kappa shape index (κ3) is 2.70. The van der Waals surface area contributed by atoms with Gasteiger partial charge >= 0.3 is 0 Å². The van der Waals surface area contributed by atoms with Crippen molar-refractivity contribution in [3.63, 3.8) is 0 Å². The number of nitrogens with zero attached hydrogens (tertiary/aromatic N) is 4. The van der Waals surface area contributed by atoms with Crippen molar-refractivity contribution in [1.82, 2.24) is 15.0 Å². The standard InChI is InChI=1S/C10H10ClFN4S/c1-6-8(17-5-14-6)4-16(2)9-7(12)3-13-10(11)15-9/h3,5H,4H2,1-2H3. The van der Waals surface area contributed by atoms with Crippen LogP contribution >= 0.6 is 22.9 Å². The van der Waals surface area contributed by atoms with Gasteiger partial charge in [-0.2, -0.15) is 4.98 Å². The van der Waals surface area contributed by atoms with Gasteiger partial charge in [-0.1, -0.05) is 0 Å². The van der Waals surface area contributed by atoms with E-state index in [1.165, 1.54) is 11.3 Å². The average Bonchev–Trinajstić information content (AvgIpc) is 2.68. The van der Waals surface area contributed by atoms with Crippen molar-refractivity contribution in [2.45, 2.75) is 13.5 Å². The summed E-state index contributed by atoms with van der Waals surface area (Å²) in [5.41, 5.74) is 2.71. The zero-order valence-electron chi connectivity index (χ0n) is 9.31. The molecule has 0 radical (unpaired) electrons. The lowest BCUT2D eigenvalue weighted by Gasteiger charge is -2.17. The molecule has 17 heavy (non-hydrogen) atoms. The molecule has 2 aromatic rings. The molecule has 4 nitrogen and oxygen atoms in total. The average molecular weight is 273 g/mol. The molecule has 0 aliphatic carbocycles. The van der Waals surface area contributed by atoms with Crippen molar-refractivity contribution in [3.05, 3.63) is 33.4 Å². The Labute approximate surface area is 107 Å². The summed E-state index contributed by atoms with van der Waals surface area (Å²) < 4.78 is 13.5. The molecule has 0 atom stereocenters. The van der Waals surface area contributed by atoms with Crippen molar-refractivity contribution in [3.8, 4) is 0 Å². The summed E-state index contributed by atoms with van der Waals surface area (Å²) >= 11 is 7.18. The van der Waals surface area contributed by atoms with Crippen LogP contribution in [0.5, 0.6) is 0 Å². The number of anilines is 1. The Balaban J connectivity index is 2.23. The summed E-state index contributed by atoms with van der Waals surface area (Å²) in [5.74, 6) is -0.295. The Morgan fingerprint density at radius 2 is 2.24 bits per heavy atom. The quantitative estimate of drug-likeness (QED) is 0.806. The second-order valence-corrected chi connectivity index (χ2v) is 4.80. The van der Waals surface area contributed by atoms with E-state index < -0.39 is 5.82 Å². The third-order valence-corrected chi connectivity index (χ3v) is 3.39. The summed E-state index contributed by atoms with van der Waals surface area (Å²) in [6.45, 7) is 2.46. The van der Waals surface area contributed by atoms with Gasteiger partial charge in [0, 0.05) is 11.9 Å². The summed E-state index contributed by atoms with van der Waals surface area (Å²) in [7, 11) is 1.75. The Hall–Kier alpha value is -1.27. The summed E-state index contributed by atoms with van der Waals surface area (Å²) in [6, 6.07) is 0. The van der Waals surface area contributed by atoms with E-state index in [2.05, 4.69) is 15.0 Å². The van der Waals surface area contributed by atoms with Crippen molar-refractivity contribution >= 4 is 28.8 Å². The van der Waals surface area contributed by atoms with E-state index in [1.807, 2.05) is 6.92 Å². The second kappa shape index (κ2) is 4.93. The van der Waals surface area contributed by atoms with Gasteiger partial charge in [-0.25, -0.2) is 14.4 Å². The van der Waals surface area contributed by atoms with Gasteiger partial charge < -0.3 is 4.90 Å². The first-order valence-electron chi connectivity index (χ1n) is 4.86. The van der Waals surface area contributed by atoms with Gasteiger partial charge in [0.25, 0.3) is 0 Å². The first-order valence-corrected chi connectivity index (χ1v) is 6.12. The molecule has 0 aliphatic rings. The highest BCUT2D eigenvalue weighted by atomic mass is 35.5. The van der Waals surface area contributed by atoms with Gasteiger partial charge in [0.1, 0.15) is 0 Å². The summed E-state index contributed by atoms with van der Waals surface area (Å²) in [4.78, 5) is 14.3. The molecule has 0 unspecified atom stereocenters.